The molecule has 0 heterocycles. The Morgan fingerprint density at radius 3 is 2.10 bits per heavy atom. The molecule has 0 aliphatic rings. The Morgan fingerprint density at radius 1 is 1.10 bits per heavy atom. The van der Waals surface area contributed by atoms with Crippen LogP contribution in [0.3, 0.4) is 0 Å². The van der Waals surface area contributed by atoms with E-state index >= 15 is 0 Å². The van der Waals surface area contributed by atoms with Gasteiger partial charge in [0, 0.05) is 6.54 Å². The Labute approximate surface area is 122 Å². The van der Waals surface area contributed by atoms with Crippen LogP contribution in [0, 0.1) is 11.3 Å². The SMILES string of the molecule is CCCCN(CCCC)CC(O)c1ccc(C#N)cc1. The quantitative estimate of drug-likeness (QED) is 0.749. The zero-order valence-electron chi connectivity index (χ0n) is 12.7. The van der Waals surface area contributed by atoms with Gasteiger partial charge in [-0.2, -0.15) is 5.26 Å². The zero-order chi connectivity index (χ0) is 14.8. The molecule has 1 aromatic carbocycles. The molecule has 110 valence electrons. The van der Waals surface area contributed by atoms with Crippen molar-refractivity contribution in [1.82, 2.24) is 4.90 Å². The van der Waals surface area contributed by atoms with Crippen molar-refractivity contribution in [2.45, 2.75) is 45.6 Å². The van der Waals surface area contributed by atoms with Gasteiger partial charge in [-0.3, -0.25) is 0 Å². The number of hydrogen-bond acceptors (Lipinski definition) is 3. The van der Waals surface area contributed by atoms with E-state index in [4.69, 9.17) is 5.26 Å². The van der Waals surface area contributed by atoms with E-state index in [1.807, 2.05) is 12.1 Å². The van der Waals surface area contributed by atoms with E-state index in [1.54, 1.807) is 12.1 Å². The topological polar surface area (TPSA) is 47.3 Å². The van der Waals surface area contributed by atoms with Gasteiger partial charge in [0.05, 0.1) is 17.7 Å². The van der Waals surface area contributed by atoms with E-state index in [0.717, 1.165) is 18.7 Å². The van der Waals surface area contributed by atoms with Gasteiger partial charge < -0.3 is 10.0 Å². The number of aliphatic hydroxyl groups is 1. The highest BCUT2D eigenvalue weighted by Crippen LogP contribution is 2.16. The van der Waals surface area contributed by atoms with E-state index in [-0.39, 0.29) is 0 Å². The number of rotatable bonds is 9. The summed E-state index contributed by atoms with van der Waals surface area (Å²) in [4.78, 5) is 2.34. The van der Waals surface area contributed by atoms with E-state index in [0.29, 0.717) is 12.1 Å². The fourth-order valence-electron chi connectivity index (χ4n) is 2.19. The fraction of sp³-hybridized carbons (Fsp3) is 0.588. The van der Waals surface area contributed by atoms with Crippen molar-refractivity contribution in [3.8, 4) is 6.07 Å². The van der Waals surface area contributed by atoms with Gasteiger partial charge in [-0.15, -0.1) is 0 Å². The second-order valence-corrected chi connectivity index (χ2v) is 5.26. The minimum atomic E-state index is -0.476. The van der Waals surface area contributed by atoms with Crippen molar-refractivity contribution in [2.24, 2.45) is 0 Å². The van der Waals surface area contributed by atoms with Crippen molar-refractivity contribution in [1.29, 1.82) is 5.26 Å². The lowest BCUT2D eigenvalue weighted by Gasteiger charge is -2.25. The molecule has 0 spiro atoms. The summed E-state index contributed by atoms with van der Waals surface area (Å²) in [5, 5.41) is 19.1. The monoisotopic (exact) mass is 274 g/mol. The Balaban J connectivity index is 2.58. The molecule has 0 aliphatic heterocycles. The normalized spacial score (nSPS) is 12.3. The maximum Gasteiger partial charge on any atom is 0.0991 e. The summed E-state index contributed by atoms with van der Waals surface area (Å²) in [5.74, 6) is 0. The first-order valence-electron chi connectivity index (χ1n) is 7.61. The first kappa shape index (κ1) is 16.7. The summed E-state index contributed by atoms with van der Waals surface area (Å²) in [5.41, 5.74) is 1.52. The second-order valence-electron chi connectivity index (χ2n) is 5.26. The van der Waals surface area contributed by atoms with Crippen LogP contribution < -0.4 is 0 Å². The molecule has 3 nitrogen and oxygen atoms in total. The summed E-state index contributed by atoms with van der Waals surface area (Å²) in [7, 11) is 0. The zero-order valence-corrected chi connectivity index (χ0v) is 12.7. The Bertz CT molecular complexity index is 400. The largest absolute Gasteiger partial charge is 0.387 e. The van der Waals surface area contributed by atoms with E-state index in [2.05, 4.69) is 24.8 Å². The smallest absolute Gasteiger partial charge is 0.0991 e. The Hall–Kier alpha value is -1.37. The summed E-state index contributed by atoms with van der Waals surface area (Å²) in [6.07, 6.45) is 4.22. The number of unbranched alkanes of at least 4 members (excludes halogenated alkanes) is 2. The number of nitriles is 1. The van der Waals surface area contributed by atoms with Crippen LogP contribution in [0.5, 0.6) is 0 Å². The molecule has 0 saturated heterocycles. The number of nitrogens with zero attached hydrogens (tertiary/aromatic N) is 2. The Morgan fingerprint density at radius 2 is 1.65 bits per heavy atom. The lowest BCUT2D eigenvalue weighted by atomic mass is 10.1. The molecule has 1 aromatic rings. The van der Waals surface area contributed by atoms with Crippen LogP contribution in [0.25, 0.3) is 0 Å². The molecule has 0 bridgehead atoms. The van der Waals surface area contributed by atoms with Crippen LogP contribution in [-0.2, 0) is 0 Å². The molecule has 0 aromatic heterocycles. The average Bonchev–Trinajstić information content (AvgIpc) is 2.49. The molecule has 0 fully saturated rings. The van der Waals surface area contributed by atoms with Crippen LogP contribution >= 0.6 is 0 Å². The van der Waals surface area contributed by atoms with Crippen molar-refractivity contribution < 1.29 is 5.11 Å². The predicted molar refractivity (Wildman–Crippen MR) is 82.4 cm³/mol. The van der Waals surface area contributed by atoms with Crippen molar-refractivity contribution in [3.63, 3.8) is 0 Å². The summed E-state index contributed by atoms with van der Waals surface area (Å²) in [6, 6.07) is 9.32. The standard InChI is InChI=1S/C17H26N2O/c1-3-5-11-19(12-6-4-2)14-17(20)16-9-7-15(13-18)8-10-16/h7-10,17,20H,3-6,11-12,14H2,1-2H3. The van der Waals surface area contributed by atoms with Crippen LogP contribution in [0.4, 0.5) is 0 Å². The molecule has 1 N–H and O–H groups in total. The third-order valence-corrected chi connectivity index (χ3v) is 3.51. The molecule has 0 saturated carbocycles. The first-order chi connectivity index (χ1) is 9.71. The average molecular weight is 274 g/mol. The molecule has 1 rings (SSSR count). The number of benzene rings is 1. The van der Waals surface area contributed by atoms with E-state index in [1.165, 1.54) is 25.7 Å². The van der Waals surface area contributed by atoms with Crippen molar-refractivity contribution in [3.05, 3.63) is 35.4 Å². The highest BCUT2D eigenvalue weighted by Gasteiger charge is 2.13. The minimum Gasteiger partial charge on any atom is -0.387 e. The van der Waals surface area contributed by atoms with E-state index < -0.39 is 6.10 Å². The van der Waals surface area contributed by atoms with Gasteiger partial charge >= 0.3 is 0 Å². The molecular formula is C17H26N2O. The minimum absolute atomic E-state index is 0.476. The van der Waals surface area contributed by atoms with Gasteiger partial charge in [0.1, 0.15) is 0 Å². The van der Waals surface area contributed by atoms with Gasteiger partial charge in [0.25, 0.3) is 0 Å². The lowest BCUT2D eigenvalue weighted by Crippen LogP contribution is -2.30. The lowest BCUT2D eigenvalue weighted by molar-refractivity contribution is 0.111. The maximum atomic E-state index is 10.3. The van der Waals surface area contributed by atoms with Gasteiger partial charge in [-0.25, -0.2) is 0 Å². The van der Waals surface area contributed by atoms with Crippen LogP contribution in [0.1, 0.15) is 56.8 Å². The molecule has 1 atom stereocenters. The third-order valence-electron chi connectivity index (χ3n) is 3.51. The molecule has 3 heteroatoms. The molecular weight excluding hydrogens is 248 g/mol. The fourth-order valence-corrected chi connectivity index (χ4v) is 2.19. The Kier molecular flexibility index (Phi) is 7.94. The van der Waals surface area contributed by atoms with Crippen molar-refractivity contribution in [2.75, 3.05) is 19.6 Å². The van der Waals surface area contributed by atoms with Crippen LogP contribution in [0.15, 0.2) is 24.3 Å². The highest BCUT2D eigenvalue weighted by atomic mass is 16.3. The predicted octanol–water partition coefficient (Wildman–Crippen LogP) is 3.49. The summed E-state index contributed by atoms with van der Waals surface area (Å²) >= 11 is 0. The summed E-state index contributed by atoms with van der Waals surface area (Å²) < 4.78 is 0. The number of hydrogen-bond donors (Lipinski definition) is 1. The number of aliphatic hydroxyl groups excluding tert-OH is 1. The van der Waals surface area contributed by atoms with Gasteiger partial charge in [-0.05, 0) is 43.6 Å². The highest BCUT2D eigenvalue weighted by molar-refractivity contribution is 5.32. The van der Waals surface area contributed by atoms with Crippen LogP contribution in [-0.4, -0.2) is 29.6 Å². The van der Waals surface area contributed by atoms with Crippen LogP contribution in [0.2, 0.25) is 0 Å². The molecule has 20 heavy (non-hydrogen) atoms. The van der Waals surface area contributed by atoms with Gasteiger partial charge in [0.15, 0.2) is 0 Å². The van der Waals surface area contributed by atoms with Crippen molar-refractivity contribution >= 4 is 0 Å². The molecule has 0 amide bonds. The molecule has 1 unspecified atom stereocenters. The molecule has 0 aliphatic carbocycles. The second kappa shape index (κ2) is 9.52. The molecule has 0 radical (unpaired) electrons. The van der Waals surface area contributed by atoms with E-state index in [9.17, 15) is 5.11 Å². The maximum absolute atomic E-state index is 10.3. The van der Waals surface area contributed by atoms with Gasteiger partial charge in [0.2, 0.25) is 0 Å². The third kappa shape index (κ3) is 5.73. The first-order valence-corrected chi connectivity index (χ1v) is 7.61. The van der Waals surface area contributed by atoms with Gasteiger partial charge in [-0.1, -0.05) is 38.8 Å². The summed E-state index contributed by atoms with van der Waals surface area (Å²) in [6.45, 7) is 7.14.